The van der Waals surface area contributed by atoms with E-state index in [1.165, 1.54) is 4.68 Å². The summed E-state index contributed by atoms with van der Waals surface area (Å²) < 4.78 is 31.5. The topological polar surface area (TPSA) is 27.1 Å². The van der Waals surface area contributed by atoms with Gasteiger partial charge in [0, 0.05) is 17.3 Å². The van der Waals surface area contributed by atoms with Crippen molar-refractivity contribution in [2.24, 2.45) is 0 Å². The number of benzene rings is 1. The number of halogens is 2. The SMILES string of the molecule is COc1c(-c2cnn(CC(F)F)c2)cccc1C(C)C. The molecule has 0 saturated carbocycles. The lowest BCUT2D eigenvalue weighted by Crippen LogP contribution is -2.06. The van der Waals surface area contributed by atoms with E-state index in [0.29, 0.717) is 5.92 Å². The van der Waals surface area contributed by atoms with E-state index in [1.807, 2.05) is 18.2 Å². The lowest BCUT2D eigenvalue weighted by Gasteiger charge is -2.15. The summed E-state index contributed by atoms with van der Waals surface area (Å²) in [4.78, 5) is 0. The number of nitrogens with zero attached hydrogens (tertiary/aromatic N) is 2. The fourth-order valence-electron chi connectivity index (χ4n) is 2.21. The Kier molecular flexibility index (Phi) is 4.37. The van der Waals surface area contributed by atoms with Crippen LogP contribution in [-0.4, -0.2) is 23.3 Å². The second-order valence-electron chi connectivity index (χ2n) is 4.92. The summed E-state index contributed by atoms with van der Waals surface area (Å²) in [6.07, 6.45) is 0.796. The number of ether oxygens (including phenoxy) is 1. The van der Waals surface area contributed by atoms with Gasteiger partial charge in [0.1, 0.15) is 12.3 Å². The molecule has 3 nitrogen and oxygen atoms in total. The van der Waals surface area contributed by atoms with Crippen molar-refractivity contribution in [1.29, 1.82) is 0 Å². The Bertz CT molecular complexity index is 579. The quantitative estimate of drug-likeness (QED) is 0.829. The van der Waals surface area contributed by atoms with Gasteiger partial charge in [0.15, 0.2) is 0 Å². The van der Waals surface area contributed by atoms with Crippen molar-refractivity contribution in [2.45, 2.75) is 32.7 Å². The molecule has 0 atom stereocenters. The molecule has 0 aliphatic heterocycles. The lowest BCUT2D eigenvalue weighted by molar-refractivity contribution is 0.122. The first kappa shape index (κ1) is 14.5. The molecule has 5 heteroatoms. The van der Waals surface area contributed by atoms with Crippen LogP contribution in [-0.2, 0) is 6.54 Å². The molecule has 1 aromatic carbocycles. The Morgan fingerprint density at radius 1 is 1.30 bits per heavy atom. The van der Waals surface area contributed by atoms with Crippen molar-refractivity contribution in [2.75, 3.05) is 7.11 Å². The van der Waals surface area contributed by atoms with E-state index in [9.17, 15) is 8.78 Å². The normalized spacial score (nSPS) is 11.3. The van der Waals surface area contributed by atoms with E-state index in [2.05, 4.69) is 18.9 Å². The molecule has 0 bridgehead atoms. The van der Waals surface area contributed by atoms with Gasteiger partial charge in [-0.05, 0) is 11.5 Å². The van der Waals surface area contributed by atoms with Crippen LogP contribution in [0.1, 0.15) is 25.3 Å². The van der Waals surface area contributed by atoms with Crippen molar-refractivity contribution in [3.05, 3.63) is 36.2 Å². The minimum atomic E-state index is -2.41. The zero-order chi connectivity index (χ0) is 14.7. The Hall–Kier alpha value is -1.91. The van der Waals surface area contributed by atoms with Gasteiger partial charge in [-0.1, -0.05) is 32.0 Å². The van der Waals surface area contributed by atoms with Gasteiger partial charge >= 0.3 is 0 Å². The van der Waals surface area contributed by atoms with Crippen molar-refractivity contribution in [1.82, 2.24) is 9.78 Å². The highest BCUT2D eigenvalue weighted by molar-refractivity contribution is 5.71. The number of para-hydroxylation sites is 1. The van der Waals surface area contributed by atoms with Gasteiger partial charge in [-0.15, -0.1) is 0 Å². The molecule has 0 saturated heterocycles. The van der Waals surface area contributed by atoms with Crippen molar-refractivity contribution >= 4 is 0 Å². The summed E-state index contributed by atoms with van der Waals surface area (Å²) in [5.74, 6) is 1.10. The van der Waals surface area contributed by atoms with Crippen molar-refractivity contribution in [3.8, 4) is 16.9 Å². The summed E-state index contributed by atoms with van der Waals surface area (Å²) in [7, 11) is 1.62. The third-order valence-corrected chi connectivity index (χ3v) is 3.14. The highest BCUT2D eigenvalue weighted by atomic mass is 19.3. The van der Waals surface area contributed by atoms with Crippen LogP contribution in [0.4, 0.5) is 8.78 Å². The monoisotopic (exact) mass is 280 g/mol. The summed E-state index contributed by atoms with van der Waals surface area (Å²) >= 11 is 0. The Morgan fingerprint density at radius 3 is 2.65 bits per heavy atom. The van der Waals surface area contributed by atoms with Gasteiger partial charge in [-0.25, -0.2) is 8.78 Å². The fourth-order valence-corrected chi connectivity index (χ4v) is 2.21. The van der Waals surface area contributed by atoms with Crippen LogP contribution < -0.4 is 4.74 Å². The number of hydrogen-bond acceptors (Lipinski definition) is 2. The zero-order valence-corrected chi connectivity index (χ0v) is 11.8. The first-order valence-corrected chi connectivity index (χ1v) is 6.50. The van der Waals surface area contributed by atoms with Crippen LogP contribution in [0.5, 0.6) is 5.75 Å². The summed E-state index contributed by atoms with van der Waals surface area (Å²) in [6, 6.07) is 5.86. The largest absolute Gasteiger partial charge is 0.496 e. The molecule has 1 heterocycles. The molecule has 0 fully saturated rings. The molecule has 108 valence electrons. The second kappa shape index (κ2) is 6.03. The van der Waals surface area contributed by atoms with Gasteiger partial charge in [0.25, 0.3) is 6.43 Å². The van der Waals surface area contributed by atoms with Crippen LogP contribution >= 0.6 is 0 Å². The van der Waals surface area contributed by atoms with Gasteiger partial charge in [0.2, 0.25) is 0 Å². The minimum absolute atomic E-state index is 0.320. The van der Waals surface area contributed by atoms with Crippen molar-refractivity contribution in [3.63, 3.8) is 0 Å². The molecule has 1 aromatic heterocycles. The van der Waals surface area contributed by atoms with Gasteiger partial charge in [-0.2, -0.15) is 5.10 Å². The molecule has 0 spiro atoms. The summed E-state index contributed by atoms with van der Waals surface area (Å²) in [6.45, 7) is 3.77. The number of methoxy groups -OCH3 is 1. The molecular weight excluding hydrogens is 262 g/mol. The predicted octanol–water partition coefficient (Wildman–Crippen LogP) is 3.95. The molecule has 2 aromatic rings. The smallest absolute Gasteiger partial charge is 0.257 e. The molecule has 0 aliphatic carbocycles. The van der Waals surface area contributed by atoms with Crippen LogP contribution in [0.3, 0.4) is 0 Å². The Balaban J connectivity index is 2.42. The molecule has 0 aliphatic rings. The molecular formula is C15H18F2N2O. The summed E-state index contributed by atoms with van der Waals surface area (Å²) in [5.41, 5.74) is 2.75. The number of alkyl halides is 2. The molecule has 0 radical (unpaired) electrons. The van der Waals surface area contributed by atoms with Crippen LogP contribution in [0, 0.1) is 0 Å². The maximum atomic E-state index is 12.4. The molecule has 20 heavy (non-hydrogen) atoms. The average Bonchev–Trinajstić information content (AvgIpc) is 2.85. The van der Waals surface area contributed by atoms with Gasteiger partial charge in [0.05, 0.1) is 13.3 Å². The van der Waals surface area contributed by atoms with E-state index in [4.69, 9.17) is 4.74 Å². The van der Waals surface area contributed by atoms with Gasteiger partial charge < -0.3 is 4.74 Å². The number of hydrogen-bond donors (Lipinski definition) is 0. The molecule has 2 rings (SSSR count). The molecule has 0 unspecified atom stereocenters. The Morgan fingerprint density at radius 2 is 2.05 bits per heavy atom. The number of rotatable bonds is 5. The second-order valence-corrected chi connectivity index (χ2v) is 4.92. The highest BCUT2D eigenvalue weighted by Gasteiger charge is 2.15. The van der Waals surface area contributed by atoms with Crippen molar-refractivity contribution < 1.29 is 13.5 Å². The molecule has 0 N–H and O–H groups in total. The lowest BCUT2D eigenvalue weighted by atomic mass is 9.97. The highest BCUT2D eigenvalue weighted by Crippen LogP contribution is 2.36. The molecule has 0 amide bonds. The third kappa shape index (κ3) is 2.98. The summed E-state index contributed by atoms with van der Waals surface area (Å²) in [5, 5.41) is 3.96. The fraction of sp³-hybridized carbons (Fsp3) is 0.400. The maximum Gasteiger partial charge on any atom is 0.257 e. The first-order chi connectivity index (χ1) is 9.52. The van der Waals surface area contributed by atoms with Crippen LogP contribution in [0.2, 0.25) is 0 Å². The van der Waals surface area contributed by atoms with E-state index in [0.717, 1.165) is 22.4 Å². The standard InChI is InChI=1S/C15H18F2N2O/c1-10(2)12-5-4-6-13(15(12)20-3)11-7-18-19(8-11)9-14(16)17/h4-8,10,14H,9H2,1-3H3. The minimum Gasteiger partial charge on any atom is -0.496 e. The maximum absolute atomic E-state index is 12.4. The zero-order valence-electron chi connectivity index (χ0n) is 11.8. The van der Waals surface area contributed by atoms with E-state index < -0.39 is 13.0 Å². The van der Waals surface area contributed by atoms with Crippen LogP contribution in [0.15, 0.2) is 30.6 Å². The van der Waals surface area contributed by atoms with Crippen LogP contribution in [0.25, 0.3) is 11.1 Å². The number of aromatic nitrogens is 2. The van der Waals surface area contributed by atoms with E-state index >= 15 is 0 Å². The predicted molar refractivity (Wildman–Crippen MR) is 74.3 cm³/mol. The third-order valence-electron chi connectivity index (χ3n) is 3.14. The van der Waals surface area contributed by atoms with Gasteiger partial charge in [-0.3, -0.25) is 4.68 Å². The average molecular weight is 280 g/mol. The van der Waals surface area contributed by atoms with E-state index in [1.54, 1.807) is 19.5 Å². The first-order valence-electron chi connectivity index (χ1n) is 6.50. The Labute approximate surface area is 117 Å². The van der Waals surface area contributed by atoms with E-state index in [-0.39, 0.29) is 0 Å².